The van der Waals surface area contributed by atoms with Gasteiger partial charge in [-0.05, 0) is 31.5 Å². The Bertz CT molecular complexity index is 971. The molecule has 0 spiro atoms. The van der Waals surface area contributed by atoms with Crippen molar-refractivity contribution in [2.45, 2.75) is 26.4 Å². The average molecular weight is 375 g/mol. The molecule has 25 heavy (non-hydrogen) atoms. The molecule has 0 aliphatic carbocycles. The summed E-state index contributed by atoms with van der Waals surface area (Å²) in [4.78, 5) is 4.49. The van der Waals surface area contributed by atoms with Crippen molar-refractivity contribution in [3.63, 3.8) is 0 Å². The van der Waals surface area contributed by atoms with Gasteiger partial charge in [-0.25, -0.2) is 14.3 Å². The van der Waals surface area contributed by atoms with Gasteiger partial charge in [-0.3, -0.25) is 0 Å². The van der Waals surface area contributed by atoms with E-state index in [9.17, 15) is 0 Å². The Balaban J connectivity index is 1.95. The minimum Gasteiger partial charge on any atom is -0.344 e. The molecule has 8 heteroatoms. The molecule has 0 bridgehead atoms. The normalized spacial score (nSPS) is 16.7. The third-order valence-corrected chi connectivity index (χ3v) is 5.06. The summed E-state index contributed by atoms with van der Waals surface area (Å²) in [5.74, 6) is 1.73. The Morgan fingerprint density at radius 1 is 1.16 bits per heavy atom. The zero-order valence-corrected chi connectivity index (χ0v) is 15.3. The summed E-state index contributed by atoms with van der Waals surface area (Å²) in [5, 5.41) is 13.3. The molecule has 0 radical (unpaired) electrons. The van der Waals surface area contributed by atoms with Crippen LogP contribution < -0.4 is 5.32 Å². The van der Waals surface area contributed by atoms with Crippen molar-refractivity contribution in [3.8, 4) is 0 Å². The van der Waals surface area contributed by atoms with Gasteiger partial charge in [-0.1, -0.05) is 29.3 Å². The molecule has 3 heterocycles. The number of hydrogen-bond donors (Lipinski definition) is 1. The van der Waals surface area contributed by atoms with E-state index >= 15 is 0 Å². The molecular formula is C17H16Cl2N6. The lowest BCUT2D eigenvalue weighted by Crippen LogP contribution is -2.25. The maximum absolute atomic E-state index is 6.28. The summed E-state index contributed by atoms with van der Waals surface area (Å²) in [7, 11) is 0. The number of aryl methyl sites for hydroxylation is 1. The first-order chi connectivity index (χ1) is 12.1. The Morgan fingerprint density at radius 3 is 2.76 bits per heavy atom. The van der Waals surface area contributed by atoms with Crippen LogP contribution in [0.25, 0.3) is 5.57 Å². The van der Waals surface area contributed by atoms with Gasteiger partial charge in [0.25, 0.3) is 0 Å². The number of anilines is 1. The van der Waals surface area contributed by atoms with Crippen LogP contribution in [0.2, 0.25) is 10.0 Å². The first kappa shape index (κ1) is 16.2. The number of nitrogens with one attached hydrogen (secondary N) is 1. The van der Waals surface area contributed by atoms with E-state index in [1.807, 2.05) is 47.5 Å². The summed E-state index contributed by atoms with van der Waals surface area (Å²) in [6.45, 7) is 4.80. The zero-order chi connectivity index (χ0) is 17.6. The number of halogens is 2. The number of hydrogen-bond acceptors (Lipinski definition) is 4. The first-order valence-electron chi connectivity index (χ1n) is 7.94. The molecule has 2 aromatic heterocycles. The van der Waals surface area contributed by atoms with E-state index in [4.69, 9.17) is 23.2 Å². The Labute approximate surface area is 155 Å². The van der Waals surface area contributed by atoms with Crippen molar-refractivity contribution < 1.29 is 0 Å². The van der Waals surface area contributed by atoms with Gasteiger partial charge in [-0.2, -0.15) is 10.2 Å². The number of aromatic nitrogens is 5. The van der Waals surface area contributed by atoms with Crippen LogP contribution in [0, 0.1) is 0 Å². The van der Waals surface area contributed by atoms with Crippen LogP contribution in [-0.4, -0.2) is 24.5 Å². The second-order valence-electron chi connectivity index (χ2n) is 5.80. The fourth-order valence-corrected chi connectivity index (χ4v) is 3.50. The van der Waals surface area contributed by atoms with Crippen LogP contribution in [0.4, 0.5) is 5.82 Å². The number of benzene rings is 1. The number of nitrogens with zero attached hydrogens (tertiary/aromatic N) is 5. The molecule has 1 aliphatic heterocycles. The molecule has 0 saturated heterocycles. The maximum atomic E-state index is 6.28. The van der Waals surface area contributed by atoms with E-state index in [0.29, 0.717) is 10.0 Å². The maximum Gasteiger partial charge on any atom is 0.158 e. The smallest absolute Gasteiger partial charge is 0.158 e. The highest BCUT2D eigenvalue weighted by atomic mass is 35.5. The molecule has 6 nitrogen and oxygen atoms in total. The van der Waals surface area contributed by atoms with Gasteiger partial charge in [0.05, 0.1) is 16.2 Å². The van der Waals surface area contributed by atoms with Gasteiger partial charge < -0.3 is 5.32 Å². The fraction of sp³-hybridized carbons (Fsp3) is 0.235. The van der Waals surface area contributed by atoms with Crippen molar-refractivity contribution in [2.75, 3.05) is 5.32 Å². The van der Waals surface area contributed by atoms with E-state index in [-0.39, 0.29) is 6.04 Å². The molecule has 0 amide bonds. The lowest BCUT2D eigenvalue weighted by Gasteiger charge is -2.30. The van der Waals surface area contributed by atoms with Crippen LogP contribution in [0.1, 0.15) is 31.3 Å². The summed E-state index contributed by atoms with van der Waals surface area (Å²) < 4.78 is 3.80. The van der Waals surface area contributed by atoms with E-state index in [1.54, 1.807) is 12.5 Å². The Kier molecular flexibility index (Phi) is 4.01. The monoisotopic (exact) mass is 374 g/mol. The SMILES string of the molecule is CCn1ncnc1C1=C(C)Nc2ccnn2[C@@H]1c1ccc(Cl)c(Cl)c1. The van der Waals surface area contributed by atoms with Gasteiger partial charge in [-0.15, -0.1) is 0 Å². The molecule has 1 atom stereocenters. The van der Waals surface area contributed by atoms with Gasteiger partial charge in [0.2, 0.25) is 0 Å². The van der Waals surface area contributed by atoms with Crippen LogP contribution in [0.3, 0.4) is 0 Å². The number of fused-ring (bicyclic) bond motifs is 1. The third kappa shape index (κ3) is 2.62. The summed E-state index contributed by atoms with van der Waals surface area (Å²) in [5.41, 5.74) is 3.00. The van der Waals surface area contributed by atoms with Gasteiger partial charge in [0.1, 0.15) is 18.2 Å². The third-order valence-electron chi connectivity index (χ3n) is 4.32. The summed E-state index contributed by atoms with van der Waals surface area (Å²) in [6.07, 6.45) is 3.34. The van der Waals surface area contributed by atoms with E-state index < -0.39 is 0 Å². The van der Waals surface area contributed by atoms with Gasteiger partial charge in [0.15, 0.2) is 5.82 Å². The van der Waals surface area contributed by atoms with Crippen molar-refractivity contribution in [1.82, 2.24) is 24.5 Å². The van der Waals surface area contributed by atoms with Crippen LogP contribution in [-0.2, 0) is 6.54 Å². The molecular weight excluding hydrogens is 359 g/mol. The van der Waals surface area contributed by atoms with Crippen LogP contribution in [0.15, 0.2) is 42.5 Å². The molecule has 3 aromatic rings. The average Bonchev–Trinajstić information content (AvgIpc) is 3.24. The predicted octanol–water partition coefficient (Wildman–Crippen LogP) is 4.25. The minimum absolute atomic E-state index is 0.171. The van der Waals surface area contributed by atoms with E-state index in [2.05, 4.69) is 20.5 Å². The second-order valence-corrected chi connectivity index (χ2v) is 6.61. The topological polar surface area (TPSA) is 60.6 Å². The van der Waals surface area contributed by atoms with Crippen LogP contribution in [0.5, 0.6) is 0 Å². The Hall–Kier alpha value is -2.31. The van der Waals surface area contributed by atoms with Crippen molar-refractivity contribution in [1.29, 1.82) is 0 Å². The first-order valence-corrected chi connectivity index (χ1v) is 8.70. The summed E-state index contributed by atoms with van der Waals surface area (Å²) >= 11 is 12.4. The molecule has 128 valence electrons. The molecule has 1 aliphatic rings. The van der Waals surface area contributed by atoms with Gasteiger partial charge >= 0.3 is 0 Å². The predicted molar refractivity (Wildman–Crippen MR) is 98.7 cm³/mol. The largest absolute Gasteiger partial charge is 0.344 e. The Morgan fingerprint density at radius 2 is 2.00 bits per heavy atom. The molecule has 4 rings (SSSR count). The molecule has 1 aromatic carbocycles. The van der Waals surface area contributed by atoms with Crippen molar-refractivity contribution >= 4 is 34.6 Å². The fourth-order valence-electron chi connectivity index (χ4n) is 3.19. The van der Waals surface area contributed by atoms with Gasteiger partial charge in [0, 0.05) is 23.9 Å². The number of rotatable bonds is 3. The quantitative estimate of drug-likeness (QED) is 0.744. The molecule has 1 N–H and O–H groups in total. The van der Waals surface area contributed by atoms with Crippen molar-refractivity contribution in [2.24, 2.45) is 0 Å². The van der Waals surface area contributed by atoms with Crippen molar-refractivity contribution in [3.05, 3.63) is 63.9 Å². The highest BCUT2D eigenvalue weighted by Gasteiger charge is 2.32. The summed E-state index contributed by atoms with van der Waals surface area (Å²) in [6, 6.07) is 7.42. The van der Waals surface area contributed by atoms with E-state index in [1.165, 1.54) is 0 Å². The molecule has 0 fully saturated rings. The second kappa shape index (κ2) is 6.20. The standard InChI is InChI=1S/C17H16Cl2N6/c1-3-24-17(20-9-22-24)15-10(2)23-14-6-7-21-25(14)16(15)11-4-5-12(18)13(19)8-11/h4-9,16,23H,3H2,1-2H3/t16-/m1/s1. The van der Waals surface area contributed by atoms with Crippen LogP contribution >= 0.6 is 23.2 Å². The highest BCUT2D eigenvalue weighted by molar-refractivity contribution is 6.42. The minimum atomic E-state index is -0.171. The highest BCUT2D eigenvalue weighted by Crippen LogP contribution is 2.41. The zero-order valence-electron chi connectivity index (χ0n) is 13.7. The molecule has 0 saturated carbocycles. The lowest BCUT2D eigenvalue weighted by atomic mass is 9.95. The molecule has 0 unspecified atom stereocenters. The lowest BCUT2D eigenvalue weighted by molar-refractivity contribution is 0.595. The number of allylic oxidation sites excluding steroid dienone is 2. The van der Waals surface area contributed by atoms with E-state index in [0.717, 1.165) is 35.0 Å².